The first-order valence-corrected chi connectivity index (χ1v) is 13.0. The van der Waals surface area contributed by atoms with E-state index in [0.29, 0.717) is 11.6 Å². The Bertz CT molecular complexity index is 1100. The van der Waals surface area contributed by atoms with E-state index >= 15 is 0 Å². The highest BCUT2D eigenvalue weighted by Gasteiger charge is 2.24. The van der Waals surface area contributed by atoms with Crippen LogP contribution in [0.25, 0.3) is 0 Å². The van der Waals surface area contributed by atoms with Crippen LogP contribution in [0.2, 0.25) is 0 Å². The van der Waals surface area contributed by atoms with E-state index < -0.39 is 21.8 Å². The normalized spacial score (nSPS) is 18.1. The number of anilines is 2. The number of halogens is 1. The number of nitrogens with one attached hydrogen (secondary N) is 1. The molecule has 2 saturated heterocycles. The van der Waals surface area contributed by atoms with Crippen molar-refractivity contribution in [2.45, 2.75) is 24.2 Å². The maximum Gasteiger partial charge on any atom is 0.337 e. The topological polar surface area (TPSA) is 99.2 Å². The summed E-state index contributed by atoms with van der Waals surface area (Å²) in [6, 6.07) is 8.99. The smallest absolute Gasteiger partial charge is 0.337 e. The molecule has 0 atom stereocenters. The second-order valence-electron chi connectivity index (χ2n) is 8.77. The number of ether oxygens (including phenoxy) is 1. The monoisotopic (exact) mass is 491 g/mol. The number of nitrogens with zero attached hydrogens (tertiary/aromatic N) is 2. The lowest BCUT2D eigenvalue weighted by Crippen LogP contribution is -2.39. The highest BCUT2D eigenvalue weighted by atomic mass is 32.2. The van der Waals surface area contributed by atoms with Crippen LogP contribution in [-0.4, -0.2) is 70.3 Å². The molecule has 2 aliphatic rings. The van der Waals surface area contributed by atoms with Gasteiger partial charge in [-0.1, -0.05) is 0 Å². The number of sulfonamides is 1. The molecule has 10 heteroatoms. The Morgan fingerprint density at radius 2 is 1.74 bits per heavy atom. The Balaban J connectivity index is 1.40. The SMILES string of the molecule is O=C(O)c1cc(NS(=O)(=O)c2ccc(F)cc2)ccc1N1CCC(CCN2CCOCC2)CC1. The first-order chi connectivity index (χ1) is 16.3. The molecular weight excluding hydrogens is 461 g/mol. The fraction of sp³-hybridized carbons (Fsp3) is 0.458. The molecule has 2 heterocycles. The molecule has 2 aliphatic heterocycles. The van der Waals surface area contributed by atoms with Crippen LogP contribution in [0.1, 0.15) is 29.6 Å². The number of morpholine rings is 1. The van der Waals surface area contributed by atoms with Crippen LogP contribution in [0, 0.1) is 11.7 Å². The molecule has 0 bridgehead atoms. The van der Waals surface area contributed by atoms with E-state index in [1.54, 1.807) is 12.1 Å². The molecule has 0 amide bonds. The van der Waals surface area contributed by atoms with Gasteiger partial charge >= 0.3 is 5.97 Å². The van der Waals surface area contributed by atoms with Gasteiger partial charge in [0.25, 0.3) is 10.0 Å². The second kappa shape index (κ2) is 10.7. The number of hydrogen-bond acceptors (Lipinski definition) is 6. The summed E-state index contributed by atoms with van der Waals surface area (Å²) in [6.07, 6.45) is 3.11. The molecule has 4 rings (SSSR count). The van der Waals surface area contributed by atoms with Gasteiger partial charge in [-0.3, -0.25) is 9.62 Å². The number of aromatic carboxylic acids is 1. The first kappa shape index (κ1) is 24.4. The minimum Gasteiger partial charge on any atom is -0.478 e. The molecule has 0 saturated carbocycles. The number of piperidine rings is 1. The minimum atomic E-state index is -3.97. The summed E-state index contributed by atoms with van der Waals surface area (Å²) in [7, 11) is -3.97. The van der Waals surface area contributed by atoms with Gasteiger partial charge < -0.3 is 14.7 Å². The number of carboxylic acid groups (broad SMARTS) is 1. The van der Waals surface area contributed by atoms with Crippen molar-refractivity contribution in [2.75, 3.05) is 55.6 Å². The van der Waals surface area contributed by atoms with E-state index in [0.717, 1.165) is 89.5 Å². The summed E-state index contributed by atoms with van der Waals surface area (Å²) >= 11 is 0. The van der Waals surface area contributed by atoms with Crippen LogP contribution < -0.4 is 9.62 Å². The van der Waals surface area contributed by atoms with Gasteiger partial charge in [0, 0.05) is 31.9 Å². The van der Waals surface area contributed by atoms with Gasteiger partial charge in [0.1, 0.15) is 5.82 Å². The summed E-state index contributed by atoms with van der Waals surface area (Å²) < 4.78 is 46.1. The molecule has 2 aromatic rings. The molecule has 2 fully saturated rings. The molecule has 8 nitrogen and oxygen atoms in total. The van der Waals surface area contributed by atoms with Gasteiger partial charge in [0.2, 0.25) is 0 Å². The fourth-order valence-electron chi connectivity index (χ4n) is 4.53. The number of benzene rings is 2. The Morgan fingerprint density at radius 3 is 2.38 bits per heavy atom. The van der Waals surface area contributed by atoms with Crippen LogP contribution in [-0.2, 0) is 14.8 Å². The lowest BCUT2D eigenvalue weighted by Gasteiger charge is -2.35. The van der Waals surface area contributed by atoms with E-state index in [4.69, 9.17) is 4.74 Å². The van der Waals surface area contributed by atoms with Crippen molar-refractivity contribution >= 4 is 27.4 Å². The van der Waals surface area contributed by atoms with Crippen LogP contribution >= 0.6 is 0 Å². The molecule has 0 aromatic heterocycles. The summed E-state index contributed by atoms with van der Waals surface area (Å²) in [5.41, 5.74) is 0.779. The molecule has 0 unspecified atom stereocenters. The molecule has 0 spiro atoms. The van der Waals surface area contributed by atoms with Crippen molar-refractivity contribution in [1.29, 1.82) is 0 Å². The van der Waals surface area contributed by atoms with E-state index in [1.807, 2.05) is 0 Å². The van der Waals surface area contributed by atoms with Crippen LogP contribution in [0.5, 0.6) is 0 Å². The Hall–Kier alpha value is -2.69. The van der Waals surface area contributed by atoms with Crippen molar-refractivity contribution in [3.63, 3.8) is 0 Å². The molecule has 2 aromatic carbocycles. The number of carbonyl (C=O) groups is 1. The average molecular weight is 492 g/mol. The Kier molecular flexibility index (Phi) is 7.70. The van der Waals surface area contributed by atoms with Crippen LogP contribution in [0.4, 0.5) is 15.8 Å². The molecule has 34 heavy (non-hydrogen) atoms. The molecular formula is C24H30FN3O5S. The van der Waals surface area contributed by atoms with Crippen molar-refractivity contribution in [3.05, 3.63) is 53.8 Å². The van der Waals surface area contributed by atoms with Crippen molar-refractivity contribution < 1.29 is 27.4 Å². The molecule has 0 radical (unpaired) electrons. The van der Waals surface area contributed by atoms with Crippen LogP contribution in [0.15, 0.2) is 47.4 Å². The van der Waals surface area contributed by atoms with Gasteiger partial charge in [-0.15, -0.1) is 0 Å². The van der Waals surface area contributed by atoms with Gasteiger partial charge in [0.15, 0.2) is 0 Å². The average Bonchev–Trinajstić information content (AvgIpc) is 2.84. The van der Waals surface area contributed by atoms with Gasteiger partial charge in [-0.05, 0) is 74.2 Å². The standard InChI is InChI=1S/C24H30FN3O5S/c25-19-1-4-21(5-2-19)34(31,32)26-20-3-6-23(22(17-20)24(29)30)28-11-8-18(9-12-28)7-10-27-13-15-33-16-14-27/h1-6,17-18,26H,7-16H2,(H,29,30). The second-order valence-corrected chi connectivity index (χ2v) is 10.5. The minimum absolute atomic E-state index is 0.0473. The van der Waals surface area contributed by atoms with Gasteiger partial charge in [-0.25, -0.2) is 17.6 Å². The van der Waals surface area contributed by atoms with Crippen LogP contribution in [0.3, 0.4) is 0 Å². The quantitative estimate of drug-likeness (QED) is 0.585. The summed E-state index contributed by atoms with van der Waals surface area (Å²) in [5, 5.41) is 9.79. The van der Waals surface area contributed by atoms with Gasteiger partial charge in [-0.2, -0.15) is 0 Å². The lowest BCUT2D eigenvalue weighted by atomic mass is 9.92. The van der Waals surface area contributed by atoms with Crippen molar-refractivity contribution in [2.24, 2.45) is 5.92 Å². The summed E-state index contributed by atoms with van der Waals surface area (Å²) in [5.74, 6) is -1.05. The fourth-order valence-corrected chi connectivity index (χ4v) is 5.58. The molecule has 0 aliphatic carbocycles. The third-order valence-electron chi connectivity index (χ3n) is 6.52. The van der Waals surface area contributed by atoms with Gasteiger partial charge in [0.05, 0.1) is 29.4 Å². The Morgan fingerprint density at radius 1 is 1.06 bits per heavy atom. The largest absolute Gasteiger partial charge is 0.478 e. The number of hydrogen-bond donors (Lipinski definition) is 2. The molecule has 184 valence electrons. The summed E-state index contributed by atoms with van der Waals surface area (Å²) in [6.45, 7) is 6.15. The third-order valence-corrected chi connectivity index (χ3v) is 7.91. The lowest BCUT2D eigenvalue weighted by molar-refractivity contribution is 0.0349. The zero-order valence-electron chi connectivity index (χ0n) is 19.0. The van der Waals surface area contributed by atoms with E-state index in [-0.39, 0.29) is 16.1 Å². The zero-order chi connectivity index (χ0) is 24.1. The zero-order valence-corrected chi connectivity index (χ0v) is 19.8. The predicted octanol–water partition coefficient (Wildman–Crippen LogP) is 3.26. The summed E-state index contributed by atoms with van der Waals surface area (Å²) in [4.78, 5) is 16.4. The Labute approximate surface area is 199 Å². The highest BCUT2D eigenvalue weighted by molar-refractivity contribution is 7.92. The van der Waals surface area contributed by atoms with Crippen molar-refractivity contribution in [1.82, 2.24) is 4.90 Å². The predicted molar refractivity (Wildman–Crippen MR) is 127 cm³/mol. The maximum absolute atomic E-state index is 13.1. The maximum atomic E-state index is 13.1. The van der Waals surface area contributed by atoms with E-state index in [9.17, 15) is 22.7 Å². The third kappa shape index (κ3) is 6.05. The first-order valence-electron chi connectivity index (χ1n) is 11.5. The van der Waals surface area contributed by atoms with E-state index in [2.05, 4.69) is 14.5 Å². The number of carboxylic acids is 1. The highest BCUT2D eigenvalue weighted by Crippen LogP contribution is 2.30. The molecule has 2 N–H and O–H groups in total. The van der Waals surface area contributed by atoms with E-state index in [1.165, 1.54) is 6.07 Å². The number of rotatable bonds is 8. The van der Waals surface area contributed by atoms with Crippen molar-refractivity contribution in [3.8, 4) is 0 Å².